The monoisotopic (exact) mass is 691 g/mol. The maximum absolute atomic E-state index is 13.5. The van der Waals surface area contributed by atoms with Gasteiger partial charge in [0.05, 0.1) is 39.5 Å². The van der Waals surface area contributed by atoms with Crippen molar-refractivity contribution < 1.29 is 43.3 Å². The quantitative estimate of drug-likeness (QED) is 0.0769. The van der Waals surface area contributed by atoms with Gasteiger partial charge in [-0.1, -0.05) is 36.0 Å². The van der Waals surface area contributed by atoms with Crippen molar-refractivity contribution in [1.82, 2.24) is 10.2 Å². The number of methoxy groups -OCH3 is 3. The van der Waals surface area contributed by atoms with Crippen molar-refractivity contribution in [3.8, 4) is 11.5 Å². The second kappa shape index (κ2) is 22.6. The highest BCUT2D eigenvalue weighted by Crippen LogP contribution is 2.34. The van der Waals surface area contributed by atoms with Gasteiger partial charge in [-0.25, -0.2) is 0 Å². The number of aldehydes is 1. The summed E-state index contributed by atoms with van der Waals surface area (Å²) in [5.41, 5.74) is 2.99. The molecule has 0 fully saturated rings. The molecule has 48 heavy (non-hydrogen) atoms. The molecule has 266 valence electrons. The Morgan fingerprint density at radius 1 is 1.10 bits per heavy atom. The molecule has 3 atom stereocenters. The molecular formula is C34H49N3O10S. The summed E-state index contributed by atoms with van der Waals surface area (Å²) in [7, 11) is 4.74. The predicted molar refractivity (Wildman–Crippen MR) is 184 cm³/mol. The summed E-state index contributed by atoms with van der Waals surface area (Å²) in [6, 6.07) is 1.76. The number of esters is 1. The van der Waals surface area contributed by atoms with Crippen LogP contribution in [0.1, 0.15) is 50.7 Å². The third-order valence-corrected chi connectivity index (χ3v) is 8.49. The summed E-state index contributed by atoms with van der Waals surface area (Å²) in [4.78, 5) is 53.5. The van der Waals surface area contributed by atoms with Crippen molar-refractivity contribution in [3.05, 3.63) is 69.3 Å². The van der Waals surface area contributed by atoms with Gasteiger partial charge in [-0.15, -0.1) is 10.1 Å². The summed E-state index contributed by atoms with van der Waals surface area (Å²) in [5.74, 6) is 2.00. The number of ether oxygens (including phenoxy) is 4. The van der Waals surface area contributed by atoms with Gasteiger partial charge in [0.15, 0.2) is 11.5 Å². The van der Waals surface area contributed by atoms with Crippen LogP contribution < -0.4 is 14.8 Å². The molecule has 14 heteroatoms. The highest BCUT2D eigenvalue weighted by molar-refractivity contribution is 7.99. The molecule has 0 saturated carbocycles. The minimum atomic E-state index is -0.781. The van der Waals surface area contributed by atoms with E-state index >= 15 is 0 Å². The Balaban J connectivity index is 0.000000623. The lowest BCUT2D eigenvalue weighted by atomic mass is 9.93. The fraction of sp³-hybridized carbons (Fsp3) is 0.559. The van der Waals surface area contributed by atoms with Crippen molar-refractivity contribution in [2.45, 2.75) is 70.6 Å². The zero-order valence-electron chi connectivity index (χ0n) is 28.5. The fourth-order valence-corrected chi connectivity index (χ4v) is 5.81. The van der Waals surface area contributed by atoms with E-state index in [2.05, 4.69) is 28.4 Å². The normalized spacial score (nSPS) is 18.9. The average Bonchev–Trinajstić information content (AvgIpc) is 3.07. The van der Waals surface area contributed by atoms with Crippen LogP contribution in [-0.2, 0) is 41.7 Å². The SMILES string of the molecule is CCOC(=O)C(CCC1=C/CC/C=C/C=C\1)NC(C)C(=O)N1Cc2cc(OC)c(OC)cc2CC1C=O.COCCSCCO[N+](=O)[O-]. The van der Waals surface area contributed by atoms with Gasteiger partial charge in [-0.2, -0.15) is 11.8 Å². The molecule has 1 N–H and O–H groups in total. The lowest BCUT2D eigenvalue weighted by Gasteiger charge is -2.36. The number of nitrogens with zero attached hydrogens (tertiary/aromatic N) is 2. The molecular weight excluding hydrogens is 642 g/mol. The van der Waals surface area contributed by atoms with E-state index in [0.29, 0.717) is 43.1 Å². The van der Waals surface area contributed by atoms with Crippen LogP contribution in [0, 0.1) is 10.1 Å². The summed E-state index contributed by atoms with van der Waals surface area (Å²) in [6.45, 7) is 4.83. The second-order valence-electron chi connectivity index (χ2n) is 10.9. The lowest BCUT2D eigenvalue weighted by Crippen LogP contribution is -2.55. The van der Waals surface area contributed by atoms with E-state index < -0.39 is 23.2 Å². The number of thioether (sulfide) groups is 1. The van der Waals surface area contributed by atoms with Crippen molar-refractivity contribution in [1.29, 1.82) is 0 Å². The third-order valence-electron chi connectivity index (χ3n) is 7.58. The summed E-state index contributed by atoms with van der Waals surface area (Å²) in [5, 5.41) is 12.0. The molecule has 0 aromatic heterocycles. The molecule has 2 aliphatic rings. The van der Waals surface area contributed by atoms with Crippen LogP contribution in [-0.4, -0.2) is 98.9 Å². The Labute approximate surface area is 287 Å². The van der Waals surface area contributed by atoms with E-state index in [1.54, 1.807) is 51.8 Å². The van der Waals surface area contributed by atoms with Gasteiger partial charge in [0, 0.05) is 31.6 Å². The standard InChI is InChI=1S/C29H38N2O6.C5H11NO4S/c1-5-37-29(34)25(14-13-21-11-9-7-6-8-10-12-21)30-20(2)28(33)31-18-23-17-27(36-4)26(35-3)16-22(23)15-24(31)19-32;1-9-2-4-11-5-3-10-6(7)8/h6-7,9,11-12,16-17,19-20,24-25,30H,5,8,10,13-15,18H2,1-4H3;2-5H2,1H3/b7-6+,11-9-,21-12+;. The van der Waals surface area contributed by atoms with E-state index in [0.717, 1.165) is 41.6 Å². The maximum atomic E-state index is 13.5. The van der Waals surface area contributed by atoms with Crippen LogP contribution in [0.3, 0.4) is 0 Å². The number of nitrogens with one attached hydrogen (secondary N) is 1. The van der Waals surface area contributed by atoms with Gasteiger partial charge >= 0.3 is 5.97 Å². The van der Waals surface area contributed by atoms with Gasteiger partial charge < -0.3 is 33.5 Å². The molecule has 3 rings (SSSR count). The van der Waals surface area contributed by atoms with E-state index in [-0.39, 0.29) is 31.6 Å². The zero-order chi connectivity index (χ0) is 35.3. The number of carbonyl (C=O) groups excluding carboxylic acids is 3. The van der Waals surface area contributed by atoms with E-state index in [1.165, 1.54) is 0 Å². The Kier molecular flexibility index (Phi) is 19.0. The Hall–Kier alpha value is -3.88. The molecule has 1 aliphatic heterocycles. The number of allylic oxidation sites excluding steroid dienone is 6. The first-order chi connectivity index (χ1) is 23.2. The molecule has 1 heterocycles. The molecule has 3 unspecified atom stereocenters. The minimum absolute atomic E-state index is 0.154. The minimum Gasteiger partial charge on any atom is -0.493 e. The number of carbonyl (C=O) groups is 3. The van der Waals surface area contributed by atoms with E-state index in [1.807, 2.05) is 24.3 Å². The fourth-order valence-electron chi connectivity index (χ4n) is 5.13. The third kappa shape index (κ3) is 13.7. The molecule has 1 aromatic rings. The first-order valence-electron chi connectivity index (χ1n) is 16.0. The molecule has 0 bridgehead atoms. The zero-order valence-corrected chi connectivity index (χ0v) is 29.3. The topological polar surface area (TPSA) is 156 Å². The lowest BCUT2D eigenvalue weighted by molar-refractivity contribution is -0.756. The molecule has 0 spiro atoms. The van der Waals surface area contributed by atoms with Gasteiger partial charge in [-0.05, 0) is 62.8 Å². The van der Waals surface area contributed by atoms with E-state index in [9.17, 15) is 24.5 Å². The molecule has 13 nitrogen and oxygen atoms in total. The number of hydrogen-bond acceptors (Lipinski definition) is 12. The van der Waals surface area contributed by atoms with Crippen molar-refractivity contribution in [2.24, 2.45) is 0 Å². The first-order valence-corrected chi connectivity index (χ1v) is 17.1. The van der Waals surface area contributed by atoms with E-state index in [4.69, 9.17) is 18.9 Å². The van der Waals surface area contributed by atoms with Gasteiger partial charge in [0.1, 0.15) is 18.9 Å². The van der Waals surface area contributed by atoms with Crippen LogP contribution in [0.15, 0.2) is 48.1 Å². The summed E-state index contributed by atoms with van der Waals surface area (Å²) >= 11 is 1.57. The predicted octanol–water partition coefficient (Wildman–Crippen LogP) is 4.25. The first kappa shape index (κ1) is 40.3. The largest absolute Gasteiger partial charge is 0.493 e. The van der Waals surface area contributed by atoms with Crippen LogP contribution in [0.25, 0.3) is 0 Å². The van der Waals surface area contributed by atoms with Crippen LogP contribution in [0.2, 0.25) is 0 Å². The number of benzene rings is 1. The Morgan fingerprint density at radius 2 is 1.81 bits per heavy atom. The van der Waals surface area contributed by atoms with Crippen LogP contribution >= 0.6 is 11.8 Å². The molecule has 0 radical (unpaired) electrons. The summed E-state index contributed by atoms with van der Waals surface area (Å²) in [6.07, 6.45) is 14.7. The molecule has 0 saturated heterocycles. The molecule has 1 aliphatic carbocycles. The number of hydrogen-bond donors (Lipinski definition) is 1. The highest BCUT2D eigenvalue weighted by atomic mass is 32.2. The van der Waals surface area contributed by atoms with Crippen molar-refractivity contribution >= 4 is 29.9 Å². The maximum Gasteiger partial charge on any atom is 0.323 e. The number of rotatable bonds is 18. The number of amides is 1. The van der Waals surface area contributed by atoms with Crippen molar-refractivity contribution in [2.75, 3.05) is 52.7 Å². The molecule has 1 aromatic carbocycles. The van der Waals surface area contributed by atoms with Crippen molar-refractivity contribution in [3.63, 3.8) is 0 Å². The smallest absolute Gasteiger partial charge is 0.323 e. The van der Waals surface area contributed by atoms with Gasteiger partial charge in [0.25, 0.3) is 5.09 Å². The average molecular weight is 692 g/mol. The van der Waals surface area contributed by atoms with Crippen LogP contribution in [0.5, 0.6) is 11.5 Å². The van der Waals surface area contributed by atoms with Gasteiger partial charge in [-0.3, -0.25) is 14.9 Å². The summed E-state index contributed by atoms with van der Waals surface area (Å²) < 4.78 is 20.9. The highest BCUT2D eigenvalue weighted by Gasteiger charge is 2.34. The number of fused-ring (bicyclic) bond motifs is 1. The van der Waals surface area contributed by atoms with Crippen LogP contribution in [0.4, 0.5) is 0 Å². The Morgan fingerprint density at radius 3 is 2.46 bits per heavy atom. The van der Waals surface area contributed by atoms with Gasteiger partial charge in [0.2, 0.25) is 5.91 Å². The second-order valence-corrected chi connectivity index (χ2v) is 12.1. The molecule has 1 amide bonds. The Bertz CT molecular complexity index is 1290.